The van der Waals surface area contributed by atoms with Gasteiger partial charge >= 0.3 is 0 Å². The second-order valence-electron chi connectivity index (χ2n) is 7.05. The van der Waals surface area contributed by atoms with Crippen molar-refractivity contribution in [3.05, 3.63) is 30.3 Å². The van der Waals surface area contributed by atoms with Gasteiger partial charge in [0.15, 0.2) is 0 Å². The SMILES string of the molecule is CCCCCCCCC(=O)N1CCCC(C(=O)Nc2ccccc2)C1. The van der Waals surface area contributed by atoms with Gasteiger partial charge in [0.1, 0.15) is 0 Å². The zero-order chi connectivity index (χ0) is 17.9. The first-order chi connectivity index (χ1) is 12.2. The van der Waals surface area contributed by atoms with E-state index in [1.807, 2.05) is 35.2 Å². The van der Waals surface area contributed by atoms with Crippen molar-refractivity contribution < 1.29 is 9.59 Å². The first-order valence-electron chi connectivity index (χ1n) is 9.84. The van der Waals surface area contributed by atoms with Crippen molar-refractivity contribution in [2.45, 2.75) is 64.7 Å². The fourth-order valence-corrected chi connectivity index (χ4v) is 3.40. The molecule has 0 spiro atoms. The smallest absolute Gasteiger partial charge is 0.229 e. The molecule has 1 atom stereocenters. The van der Waals surface area contributed by atoms with Crippen LogP contribution in [0, 0.1) is 5.92 Å². The Morgan fingerprint density at radius 2 is 1.80 bits per heavy atom. The first kappa shape index (κ1) is 19.5. The molecule has 25 heavy (non-hydrogen) atoms. The lowest BCUT2D eigenvalue weighted by molar-refractivity contribution is -0.134. The van der Waals surface area contributed by atoms with Gasteiger partial charge in [0.05, 0.1) is 5.92 Å². The van der Waals surface area contributed by atoms with E-state index in [9.17, 15) is 9.59 Å². The number of anilines is 1. The maximum atomic E-state index is 12.4. The maximum Gasteiger partial charge on any atom is 0.229 e. The maximum absolute atomic E-state index is 12.4. The van der Waals surface area contributed by atoms with Gasteiger partial charge in [0, 0.05) is 25.2 Å². The molecule has 2 amide bonds. The molecule has 0 aliphatic carbocycles. The second-order valence-corrected chi connectivity index (χ2v) is 7.05. The van der Waals surface area contributed by atoms with E-state index in [4.69, 9.17) is 0 Å². The molecule has 0 saturated carbocycles. The van der Waals surface area contributed by atoms with Crippen molar-refractivity contribution in [2.75, 3.05) is 18.4 Å². The highest BCUT2D eigenvalue weighted by Crippen LogP contribution is 2.20. The van der Waals surface area contributed by atoms with Crippen LogP contribution in [0.2, 0.25) is 0 Å². The zero-order valence-electron chi connectivity index (χ0n) is 15.5. The number of nitrogens with zero attached hydrogens (tertiary/aromatic N) is 1. The number of hydrogen-bond acceptors (Lipinski definition) is 2. The van der Waals surface area contributed by atoms with Gasteiger partial charge in [0.2, 0.25) is 11.8 Å². The van der Waals surface area contributed by atoms with Crippen LogP contribution in [0.1, 0.15) is 64.7 Å². The molecule has 138 valence electrons. The summed E-state index contributed by atoms with van der Waals surface area (Å²) in [6, 6.07) is 9.53. The Morgan fingerprint density at radius 1 is 1.08 bits per heavy atom. The number of hydrogen-bond donors (Lipinski definition) is 1. The molecule has 1 saturated heterocycles. The third-order valence-corrected chi connectivity index (χ3v) is 4.93. The lowest BCUT2D eigenvalue weighted by atomic mass is 9.96. The summed E-state index contributed by atoms with van der Waals surface area (Å²) in [4.78, 5) is 26.7. The lowest BCUT2D eigenvalue weighted by Crippen LogP contribution is -2.43. The van der Waals surface area contributed by atoms with E-state index in [-0.39, 0.29) is 17.7 Å². The van der Waals surface area contributed by atoms with Gasteiger partial charge in [-0.3, -0.25) is 9.59 Å². The van der Waals surface area contributed by atoms with Crippen LogP contribution >= 0.6 is 0 Å². The van der Waals surface area contributed by atoms with Crippen LogP contribution < -0.4 is 5.32 Å². The number of para-hydroxylation sites is 1. The standard InChI is InChI=1S/C21H32N2O2/c1-2-3-4-5-6-10-15-20(24)23-16-11-12-18(17-23)21(25)22-19-13-8-7-9-14-19/h7-9,13-14,18H,2-6,10-12,15-17H2,1H3,(H,22,25). The number of carbonyl (C=O) groups excluding carboxylic acids is 2. The molecule has 1 unspecified atom stereocenters. The summed E-state index contributed by atoms with van der Waals surface area (Å²) in [5.41, 5.74) is 0.822. The minimum atomic E-state index is -0.0949. The lowest BCUT2D eigenvalue weighted by Gasteiger charge is -2.32. The Kier molecular flexibility index (Phi) is 8.50. The van der Waals surface area contributed by atoms with E-state index in [0.29, 0.717) is 13.0 Å². The highest BCUT2D eigenvalue weighted by atomic mass is 16.2. The molecule has 0 bridgehead atoms. The van der Waals surface area contributed by atoms with E-state index in [0.717, 1.165) is 37.9 Å². The fraction of sp³-hybridized carbons (Fsp3) is 0.619. The van der Waals surface area contributed by atoms with Crippen molar-refractivity contribution in [3.8, 4) is 0 Å². The molecule has 1 aromatic rings. The normalized spacial score (nSPS) is 17.3. The number of likely N-dealkylation sites (tertiary alicyclic amines) is 1. The van der Waals surface area contributed by atoms with Gasteiger partial charge in [-0.1, -0.05) is 57.2 Å². The van der Waals surface area contributed by atoms with Crippen LogP contribution in [0.3, 0.4) is 0 Å². The molecule has 1 aromatic carbocycles. The number of nitrogens with one attached hydrogen (secondary N) is 1. The minimum absolute atomic E-state index is 0.0308. The fourth-order valence-electron chi connectivity index (χ4n) is 3.40. The summed E-state index contributed by atoms with van der Waals surface area (Å²) >= 11 is 0. The van der Waals surface area contributed by atoms with Gasteiger partial charge in [-0.2, -0.15) is 0 Å². The third kappa shape index (κ3) is 6.89. The molecule has 2 rings (SSSR count). The summed E-state index contributed by atoms with van der Waals surface area (Å²) in [5, 5.41) is 2.97. The van der Waals surface area contributed by atoms with Gasteiger partial charge in [-0.05, 0) is 31.4 Å². The predicted molar refractivity (Wildman–Crippen MR) is 102 cm³/mol. The van der Waals surface area contributed by atoms with Crippen molar-refractivity contribution in [1.29, 1.82) is 0 Å². The summed E-state index contributed by atoms with van der Waals surface area (Å²) in [7, 11) is 0. The Bertz CT molecular complexity index is 530. The van der Waals surface area contributed by atoms with E-state index >= 15 is 0 Å². The number of piperidine rings is 1. The van der Waals surface area contributed by atoms with E-state index < -0.39 is 0 Å². The minimum Gasteiger partial charge on any atom is -0.342 e. The highest BCUT2D eigenvalue weighted by Gasteiger charge is 2.28. The molecule has 1 aliphatic rings. The Labute approximate surface area is 152 Å². The summed E-state index contributed by atoms with van der Waals surface area (Å²) in [6.07, 6.45) is 9.54. The molecule has 0 aromatic heterocycles. The second kappa shape index (κ2) is 10.9. The Morgan fingerprint density at radius 3 is 2.56 bits per heavy atom. The number of carbonyl (C=O) groups is 2. The molecule has 1 aliphatic heterocycles. The van der Waals surface area contributed by atoms with Gasteiger partial charge in [0.25, 0.3) is 0 Å². The number of benzene rings is 1. The van der Waals surface area contributed by atoms with Crippen LogP contribution in [0.15, 0.2) is 30.3 Å². The molecular weight excluding hydrogens is 312 g/mol. The molecule has 4 heteroatoms. The predicted octanol–water partition coefficient (Wildman–Crippen LogP) is 4.61. The number of unbranched alkanes of at least 4 members (excludes halogenated alkanes) is 5. The summed E-state index contributed by atoms with van der Waals surface area (Å²) < 4.78 is 0. The summed E-state index contributed by atoms with van der Waals surface area (Å²) in [5.74, 6) is 0.151. The van der Waals surface area contributed by atoms with E-state index in [1.54, 1.807) is 0 Å². The number of rotatable bonds is 9. The van der Waals surface area contributed by atoms with Crippen LogP contribution in [0.25, 0.3) is 0 Å². The average molecular weight is 344 g/mol. The van der Waals surface area contributed by atoms with Gasteiger partial charge < -0.3 is 10.2 Å². The molecule has 0 radical (unpaired) electrons. The monoisotopic (exact) mass is 344 g/mol. The van der Waals surface area contributed by atoms with E-state index in [2.05, 4.69) is 12.2 Å². The van der Waals surface area contributed by atoms with Crippen molar-refractivity contribution in [1.82, 2.24) is 4.90 Å². The van der Waals surface area contributed by atoms with Crippen LogP contribution in [-0.2, 0) is 9.59 Å². The first-order valence-corrected chi connectivity index (χ1v) is 9.84. The molecule has 1 N–H and O–H groups in total. The van der Waals surface area contributed by atoms with Crippen molar-refractivity contribution in [3.63, 3.8) is 0 Å². The van der Waals surface area contributed by atoms with Crippen molar-refractivity contribution in [2.24, 2.45) is 5.92 Å². The quantitative estimate of drug-likeness (QED) is 0.665. The van der Waals surface area contributed by atoms with Crippen LogP contribution in [0.4, 0.5) is 5.69 Å². The van der Waals surface area contributed by atoms with Crippen LogP contribution in [0.5, 0.6) is 0 Å². The molecular formula is C21H32N2O2. The largest absolute Gasteiger partial charge is 0.342 e. The average Bonchev–Trinajstić information content (AvgIpc) is 2.65. The van der Waals surface area contributed by atoms with Crippen LogP contribution in [-0.4, -0.2) is 29.8 Å². The zero-order valence-corrected chi connectivity index (χ0v) is 15.5. The van der Waals surface area contributed by atoms with E-state index in [1.165, 1.54) is 25.7 Å². The van der Waals surface area contributed by atoms with Crippen molar-refractivity contribution >= 4 is 17.5 Å². The topological polar surface area (TPSA) is 49.4 Å². The molecule has 4 nitrogen and oxygen atoms in total. The highest BCUT2D eigenvalue weighted by molar-refractivity contribution is 5.93. The summed E-state index contributed by atoms with van der Waals surface area (Å²) in [6.45, 7) is 3.57. The molecule has 1 heterocycles. The Hall–Kier alpha value is -1.84. The van der Waals surface area contributed by atoms with Gasteiger partial charge in [-0.15, -0.1) is 0 Å². The third-order valence-electron chi connectivity index (χ3n) is 4.93. The number of amides is 2. The van der Waals surface area contributed by atoms with Gasteiger partial charge in [-0.25, -0.2) is 0 Å². The molecule has 1 fully saturated rings. The Balaban J connectivity index is 1.72.